The summed E-state index contributed by atoms with van der Waals surface area (Å²) in [6, 6.07) is 3.70. The number of carboxylic acids is 1. The van der Waals surface area contributed by atoms with Gasteiger partial charge in [-0.05, 0) is 49.4 Å². The van der Waals surface area contributed by atoms with Crippen LogP contribution in [0, 0.1) is 13.8 Å². The van der Waals surface area contributed by atoms with E-state index in [2.05, 4.69) is 0 Å². The standard InChI is InChI=1S/C13H18ClNO2/c1-8-6-10(11(14)7-9(8)2)12(15)4-3-5-13(16)17/h6-7,12H,3-5,15H2,1-2H3,(H,16,17). The van der Waals surface area contributed by atoms with Crippen LogP contribution in [0.3, 0.4) is 0 Å². The van der Waals surface area contributed by atoms with Crippen molar-refractivity contribution in [3.63, 3.8) is 0 Å². The van der Waals surface area contributed by atoms with Crippen molar-refractivity contribution in [2.45, 2.75) is 39.2 Å². The Bertz CT molecular complexity index is 418. The van der Waals surface area contributed by atoms with Gasteiger partial charge >= 0.3 is 5.97 Å². The fourth-order valence-corrected chi connectivity index (χ4v) is 2.07. The van der Waals surface area contributed by atoms with Crippen molar-refractivity contribution in [1.29, 1.82) is 0 Å². The summed E-state index contributed by atoms with van der Waals surface area (Å²) < 4.78 is 0. The van der Waals surface area contributed by atoms with E-state index in [1.54, 1.807) is 0 Å². The van der Waals surface area contributed by atoms with Crippen LogP contribution in [0.1, 0.15) is 42.0 Å². The number of hydrogen-bond donors (Lipinski definition) is 2. The van der Waals surface area contributed by atoms with E-state index in [0.29, 0.717) is 17.9 Å². The van der Waals surface area contributed by atoms with E-state index in [0.717, 1.165) is 16.7 Å². The van der Waals surface area contributed by atoms with Crippen LogP contribution in [0.15, 0.2) is 12.1 Å². The third-order valence-electron chi connectivity index (χ3n) is 2.92. The van der Waals surface area contributed by atoms with Crippen molar-refractivity contribution in [2.75, 3.05) is 0 Å². The second-order valence-corrected chi connectivity index (χ2v) is 4.76. The summed E-state index contributed by atoms with van der Waals surface area (Å²) in [6.07, 6.45) is 1.35. The van der Waals surface area contributed by atoms with Crippen molar-refractivity contribution in [3.8, 4) is 0 Å². The Balaban J connectivity index is 2.71. The zero-order valence-corrected chi connectivity index (χ0v) is 10.9. The summed E-state index contributed by atoms with van der Waals surface area (Å²) in [4.78, 5) is 10.4. The Labute approximate surface area is 107 Å². The molecular formula is C13H18ClNO2. The molecule has 0 amide bonds. The van der Waals surface area contributed by atoms with Crippen molar-refractivity contribution in [2.24, 2.45) is 5.73 Å². The predicted molar refractivity (Wildman–Crippen MR) is 69.3 cm³/mol. The summed E-state index contributed by atoms with van der Waals surface area (Å²) in [6.45, 7) is 4.01. The molecule has 0 radical (unpaired) electrons. The highest BCUT2D eigenvalue weighted by atomic mass is 35.5. The van der Waals surface area contributed by atoms with E-state index >= 15 is 0 Å². The van der Waals surface area contributed by atoms with Crippen LogP contribution in [0.25, 0.3) is 0 Å². The normalized spacial score (nSPS) is 12.5. The molecule has 94 valence electrons. The third-order valence-corrected chi connectivity index (χ3v) is 3.25. The Hall–Kier alpha value is -1.06. The second-order valence-electron chi connectivity index (χ2n) is 4.35. The fourth-order valence-electron chi connectivity index (χ4n) is 1.72. The van der Waals surface area contributed by atoms with Gasteiger partial charge in [-0.2, -0.15) is 0 Å². The van der Waals surface area contributed by atoms with Crippen LogP contribution < -0.4 is 5.73 Å². The van der Waals surface area contributed by atoms with Gasteiger partial charge in [-0.1, -0.05) is 17.7 Å². The minimum atomic E-state index is -0.789. The van der Waals surface area contributed by atoms with Gasteiger partial charge in [0.1, 0.15) is 0 Å². The molecule has 1 rings (SSSR count). The molecule has 0 saturated carbocycles. The summed E-state index contributed by atoms with van der Waals surface area (Å²) in [5.41, 5.74) is 9.21. The summed E-state index contributed by atoms with van der Waals surface area (Å²) >= 11 is 6.14. The topological polar surface area (TPSA) is 63.3 Å². The van der Waals surface area contributed by atoms with E-state index in [4.69, 9.17) is 22.4 Å². The summed E-state index contributed by atoms with van der Waals surface area (Å²) in [5, 5.41) is 9.23. The Morgan fingerprint density at radius 2 is 2.00 bits per heavy atom. The molecule has 1 aromatic rings. The van der Waals surface area contributed by atoms with Gasteiger partial charge in [-0.15, -0.1) is 0 Å². The fraction of sp³-hybridized carbons (Fsp3) is 0.462. The van der Waals surface area contributed by atoms with E-state index in [9.17, 15) is 4.79 Å². The first-order valence-electron chi connectivity index (χ1n) is 5.66. The van der Waals surface area contributed by atoms with Crippen molar-refractivity contribution in [3.05, 3.63) is 33.8 Å². The first-order chi connectivity index (χ1) is 7.91. The number of benzene rings is 1. The van der Waals surface area contributed by atoms with Crippen LogP contribution >= 0.6 is 11.6 Å². The van der Waals surface area contributed by atoms with Crippen molar-refractivity contribution < 1.29 is 9.90 Å². The molecule has 0 bridgehead atoms. The van der Waals surface area contributed by atoms with Gasteiger partial charge in [0, 0.05) is 17.5 Å². The highest BCUT2D eigenvalue weighted by Gasteiger charge is 2.12. The number of aliphatic carboxylic acids is 1. The van der Waals surface area contributed by atoms with E-state index in [1.165, 1.54) is 0 Å². The minimum Gasteiger partial charge on any atom is -0.481 e. The Kier molecular flexibility index (Phi) is 4.97. The van der Waals surface area contributed by atoms with Gasteiger partial charge in [0.05, 0.1) is 0 Å². The molecule has 1 atom stereocenters. The molecule has 0 saturated heterocycles. The number of nitrogens with two attached hydrogens (primary N) is 1. The smallest absolute Gasteiger partial charge is 0.303 e. The zero-order chi connectivity index (χ0) is 13.0. The van der Waals surface area contributed by atoms with Crippen molar-refractivity contribution in [1.82, 2.24) is 0 Å². The first kappa shape index (κ1) is 14.0. The summed E-state index contributed by atoms with van der Waals surface area (Å²) in [7, 11) is 0. The predicted octanol–water partition coefficient (Wildman–Crippen LogP) is 3.21. The number of carbonyl (C=O) groups is 1. The van der Waals surface area contributed by atoms with Crippen LogP contribution in [0.4, 0.5) is 0 Å². The van der Waals surface area contributed by atoms with Crippen molar-refractivity contribution >= 4 is 17.6 Å². The first-order valence-corrected chi connectivity index (χ1v) is 6.03. The van der Waals surface area contributed by atoms with Crippen LogP contribution in [0.2, 0.25) is 5.02 Å². The van der Waals surface area contributed by atoms with Gasteiger partial charge in [-0.25, -0.2) is 0 Å². The lowest BCUT2D eigenvalue weighted by Gasteiger charge is -2.15. The quantitative estimate of drug-likeness (QED) is 0.849. The number of halogens is 1. The van der Waals surface area contributed by atoms with Crippen LogP contribution in [-0.4, -0.2) is 11.1 Å². The number of carboxylic acid groups (broad SMARTS) is 1. The van der Waals surface area contributed by atoms with Gasteiger partial charge in [0.25, 0.3) is 0 Å². The zero-order valence-electron chi connectivity index (χ0n) is 10.2. The maximum atomic E-state index is 10.4. The van der Waals surface area contributed by atoms with E-state index < -0.39 is 5.97 Å². The summed E-state index contributed by atoms with van der Waals surface area (Å²) in [5.74, 6) is -0.789. The molecule has 1 unspecified atom stereocenters. The third kappa shape index (κ3) is 4.02. The molecule has 0 spiro atoms. The molecule has 0 aliphatic carbocycles. The van der Waals surface area contributed by atoms with E-state index in [-0.39, 0.29) is 12.5 Å². The lowest BCUT2D eigenvalue weighted by molar-refractivity contribution is -0.137. The molecule has 3 nitrogen and oxygen atoms in total. The largest absolute Gasteiger partial charge is 0.481 e. The lowest BCUT2D eigenvalue weighted by Crippen LogP contribution is -2.12. The lowest BCUT2D eigenvalue weighted by atomic mass is 9.98. The average Bonchev–Trinajstić information content (AvgIpc) is 2.22. The van der Waals surface area contributed by atoms with Crippen LogP contribution in [-0.2, 0) is 4.79 Å². The molecule has 0 aliphatic rings. The number of aryl methyl sites for hydroxylation is 2. The molecule has 4 heteroatoms. The maximum absolute atomic E-state index is 10.4. The van der Waals surface area contributed by atoms with Gasteiger partial charge in [-0.3, -0.25) is 4.79 Å². The van der Waals surface area contributed by atoms with Crippen LogP contribution in [0.5, 0.6) is 0 Å². The second kappa shape index (κ2) is 6.03. The maximum Gasteiger partial charge on any atom is 0.303 e. The molecule has 0 heterocycles. The van der Waals surface area contributed by atoms with Gasteiger partial charge in [0.2, 0.25) is 0 Å². The molecule has 0 aliphatic heterocycles. The highest BCUT2D eigenvalue weighted by Crippen LogP contribution is 2.27. The molecule has 3 N–H and O–H groups in total. The molecule has 17 heavy (non-hydrogen) atoms. The molecule has 0 fully saturated rings. The average molecular weight is 256 g/mol. The highest BCUT2D eigenvalue weighted by molar-refractivity contribution is 6.31. The van der Waals surface area contributed by atoms with Gasteiger partial charge < -0.3 is 10.8 Å². The Morgan fingerprint density at radius 1 is 1.41 bits per heavy atom. The molecular weight excluding hydrogens is 238 g/mol. The molecule has 1 aromatic carbocycles. The molecule has 0 aromatic heterocycles. The monoisotopic (exact) mass is 255 g/mol. The van der Waals surface area contributed by atoms with Gasteiger partial charge in [0.15, 0.2) is 0 Å². The Morgan fingerprint density at radius 3 is 2.59 bits per heavy atom. The number of rotatable bonds is 5. The SMILES string of the molecule is Cc1cc(Cl)c(C(N)CCCC(=O)O)cc1C. The minimum absolute atomic E-state index is 0.149. The van der Waals surface area contributed by atoms with E-state index in [1.807, 2.05) is 26.0 Å². The number of hydrogen-bond acceptors (Lipinski definition) is 2.